The quantitative estimate of drug-likeness (QED) is 0.326. The Bertz CT molecular complexity index is 1390. The molecule has 36 heavy (non-hydrogen) atoms. The van der Waals surface area contributed by atoms with E-state index in [9.17, 15) is 13.2 Å². The summed E-state index contributed by atoms with van der Waals surface area (Å²) in [5.41, 5.74) is 3.42. The van der Waals surface area contributed by atoms with Gasteiger partial charge in [-0.05, 0) is 52.6 Å². The van der Waals surface area contributed by atoms with E-state index in [1.165, 1.54) is 22.8 Å². The van der Waals surface area contributed by atoms with Gasteiger partial charge in [0, 0.05) is 37.9 Å². The Hall–Kier alpha value is -3.79. The number of sulfonamides is 1. The number of ether oxygens (including phenoxy) is 1. The molecule has 0 saturated heterocycles. The number of aromatic nitrogens is 2. The smallest absolute Gasteiger partial charge is 0.341 e. The molecule has 0 aliphatic carbocycles. The van der Waals surface area contributed by atoms with Gasteiger partial charge in [0.15, 0.2) is 6.61 Å². The Morgan fingerprint density at radius 3 is 2.17 bits per heavy atom. The number of pyridine rings is 2. The zero-order valence-electron chi connectivity index (χ0n) is 19.1. The number of hydrogen-bond donors (Lipinski definition) is 1. The molecular weight excluding hydrogens is 502 g/mol. The molecule has 0 fully saturated rings. The van der Waals surface area contributed by atoms with Crippen molar-refractivity contribution in [1.29, 1.82) is 0 Å². The lowest BCUT2D eigenvalue weighted by molar-refractivity contribution is -0.139. The highest BCUT2D eigenvalue weighted by atomic mass is 35.5. The summed E-state index contributed by atoms with van der Waals surface area (Å²) >= 11 is 0. The molecule has 1 N–H and O–H groups in total. The molecule has 0 saturated carbocycles. The van der Waals surface area contributed by atoms with E-state index in [-0.39, 0.29) is 30.4 Å². The summed E-state index contributed by atoms with van der Waals surface area (Å²) in [6, 6.07) is 21.3. The van der Waals surface area contributed by atoms with Gasteiger partial charge in [0.2, 0.25) is 10.0 Å². The maximum atomic E-state index is 13.5. The molecule has 0 unspecified atom stereocenters. The number of carboxylic acids is 1. The third-order valence-corrected chi connectivity index (χ3v) is 6.97. The molecule has 0 amide bonds. The van der Waals surface area contributed by atoms with Gasteiger partial charge in [0.05, 0.1) is 0 Å². The number of halogens is 1. The molecular formula is C26H24ClN3O5S. The van der Waals surface area contributed by atoms with E-state index in [1.54, 1.807) is 42.7 Å². The average Bonchev–Trinajstić information content (AvgIpc) is 2.89. The van der Waals surface area contributed by atoms with Gasteiger partial charge in [-0.3, -0.25) is 9.97 Å². The highest BCUT2D eigenvalue weighted by molar-refractivity contribution is 7.89. The lowest BCUT2D eigenvalue weighted by Crippen LogP contribution is -2.30. The first-order chi connectivity index (χ1) is 16.9. The molecule has 0 radical (unpaired) electrons. The van der Waals surface area contributed by atoms with Crippen LogP contribution in [0.5, 0.6) is 5.75 Å². The van der Waals surface area contributed by atoms with Crippen molar-refractivity contribution >= 4 is 28.4 Å². The highest BCUT2D eigenvalue weighted by Crippen LogP contribution is 2.24. The fourth-order valence-electron chi connectivity index (χ4n) is 3.50. The van der Waals surface area contributed by atoms with Crippen LogP contribution in [0.3, 0.4) is 0 Å². The van der Waals surface area contributed by atoms with Crippen molar-refractivity contribution in [2.75, 3.05) is 6.61 Å². The monoisotopic (exact) mass is 525 g/mol. The molecule has 10 heteroatoms. The number of carboxylic acid groups (broad SMARTS) is 1. The normalized spacial score (nSPS) is 11.0. The van der Waals surface area contributed by atoms with Crippen molar-refractivity contribution in [3.63, 3.8) is 0 Å². The second-order valence-corrected chi connectivity index (χ2v) is 9.67. The van der Waals surface area contributed by atoms with Crippen LogP contribution in [0.15, 0.2) is 102 Å². The van der Waals surface area contributed by atoms with Gasteiger partial charge in [-0.25, -0.2) is 13.2 Å². The fraction of sp³-hybridized carbons (Fsp3) is 0.115. The summed E-state index contributed by atoms with van der Waals surface area (Å²) in [6.07, 6.45) is 6.32. The van der Waals surface area contributed by atoms with Gasteiger partial charge < -0.3 is 9.84 Å². The van der Waals surface area contributed by atoms with Crippen molar-refractivity contribution in [3.05, 3.63) is 109 Å². The van der Waals surface area contributed by atoms with Gasteiger partial charge in [0.1, 0.15) is 10.6 Å². The van der Waals surface area contributed by atoms with Crippen LogP contribution in [0.25, 0.3) is 11.1 Å². The Balaban J connectivity index is 0.00000361. The Kier molecular flexibility index (Phi) is 9.13. The predicted molar refractivity (Wildman–Crippen MR) is 137 cm³/mol. The lowest BCUT2D eigenvalue weighted by atomic mass is 10.1. The number of benzene rings is 2. The summed E-state index contributed by atoms with van der Waals surface area (Å²) < 4.78 is 33.6. The molecule has 4 aromatic rings. The van der Waals surface area contributed by atoms with Gasteiger partial charge in [0.25, 0.3) is 0 Å². The van der Waals surface area contributed by atoms with Crippen molar-refractivity contribution in [1.82, 2.24) is 14.3 Å². The maximum Gasteiger partial charge on any atom is 0.341 e. The van der Waals surface area contributed by atoms with Crippen LogP contribution >= 0.6 is 12.4 Å². The SMILES string of the molecule is Cl.O=C(O)COc1cccc(CN(Cc2ccc(-c3cccnc3)cc2)S(=O)(=O)c2cccnc2)c1. The van der Waals surface area contributed by atoms with E-state index in [1.807, 2.05) is 36.4 Å². The van der Waals surface area contributed by atoms with Crippen LogP contribution in [0.1, 0.15) is 11.1 Å². The minimum absolute atomic E-state index is 0. The first kappa shape index (κ1) is 26.8. The van der Waals surface area contributed by atoms with E-state index >= 15 is 0 Å². The van der Waals surface area contributed by atoms with E-state index in [4.69, 9.17) is 9.84 Å². The van der Waals surface area contributed by atoms with E-state index < -0.39 is 22.6 Å². The summed E-state index contributed by atoms with van der Waals surface area (Å²) in [5, 5.41) is 8.86. The largest absolute Gasteiger partial charge is 0.482 e. The number of aliphatic carboxylic acids is 1. The van der Waals surface area contributed by atoms with Crippen molar-refractivity contribution < 1.29 is 23.1 Å². The van der Waals surface area contributed by atoms with Crippen LogP contribution in [0.4, 0.5) is 0 Å². The Morgan fingerprint density at radius 2 is 1.53 bits per heavy atom. The van der Waals surface area contributed by atoms with E-state index in [0.29, 0.717) is 11.3 Å². The number of hydrogen-bond acceptors (Lipinski definition) is 6. The van der Waals surface area contributed by atoms with Crippen LogP contribution < -0.4 is 4.74 Å². The molecule has 8 nitrogen and oxygen atoms in total. The van der Waals surface area contributed by atoms with Gasteiger partial charge in [-0.1, -0.05) is 42.5 Å². The van der Waals surface area contributed by atoms with Gasteiger partial charge in [-0.2, -0.15) is 4.31 Å². The fourth-order valence-corrected chi connectivity index (χ4v) is 4.88. The molecule has 0 atom stereocenters. The third kappa shape index (κ3) is 6.88. The molecule has 2 heterocycles. The third-order valence-electron chi connectivity index (χ3n) is 5.20. The predicted octanol–water partition coefficient (Wildman–Crippen LogP) is 4.42. The van der Waals surface area contributed by atoms with Crippen LogP contribution in [0, 0.1) is 0 Å². The summed E-state index contributed by atoms with van der Waals surface area (Å²) in [7, 11) is -3.87. The highest BCUT2D eigenvalue weighted by Gasteiger charge is 2.25. The molecule has 186 valence electrons. The summed E-state index contributed by atoms with van der Waals surface area (Å²) in [6.45, 7) is -0.291. The van der Waals surface area contributed by atoms with Crippen LogP contribution in [-0.2, 0) is 27.9 Å². The molecule has 4 rings (SSSR count). The first-order valence-electron chi connectivity index (χ1n) is 10.7. The van der Waals surface area contributed by atoms with E-state index in [0.717, 1.165) is 16.7 Å². The van der Waals surface area contributed by atoms with Crippen molar-refractivity contribution in [3.8, 4) is 16.9 Å². The summed E-state index contributed by atoms with van der Waals surface area (Å²) in [4.78, 5) is 19.0. The minimum Gasteiger partial charge on any atom is -0.482 e. The molecule has 2 aromatic carbocycles. The van der Waals surface area contributed by atoms with E-state index in [2.05, 4.69) is 9.97 Å². The second-order valence-electron chi connectivity index (χ2n) is 7.73. The number of rotatable bonds is 10. The zero-order valence-corrected chi connectivity index (χ0v) is 20.7. The van der Waals surface area contributed by atoms with Gasteiger partial charge >= 0.3 is 5.97 Å². The Morgan fingerprint density at radius 1 is 0.833 bits per heavy atom. The number of carbonyl (C=O) groups is 1. The maximum absolute atomic E-state index is 13.5. The molecule has 0 aliphatic rings. The first-order valence-corrected chi connectivity index (χ1v) is 12.2. The molecule has 0 spiro atoms. The minimum atomic E-state index is -3.87. The van der Waals surface area contributed by atoms with Crippen LogP contribution in [0.2, 0.25) is 0 Å². The Labute approximate surface area is 215 Å². The second kappa shape index (κ2) is 12.3. The average molecular weight is 526 g/mol. The zero-order chi connectivity index (χ0) is 24.7. The molecule has 0 bridgehead atoms. The van der Waals surface area contributed by atoms with Crippen LogP contribution in [-0.4, -0.2) is 40.4 Å². The van der Waals surface area contributed by atoms with Crippen molar-refractivity contribution in [2.24, 2.45) is 0 Å². The lowest BCUT2D eigenvalue weighted by Gasteiger charge is -2.23. The topological polar surface area (TPSA) is 110 Å². The van der Waals surface area contributed by atoms with Crippen molar-refractivity contribution in [2.45, 2.75) is 18.0 Å². The standard InChI is InChI=1S/C26H23N3O5S.ClH/c30-26(31)19-34-24-6-1-4-21(14-24)18-29(35(32,33)25-7-3-13-28-16-25)17-20-8-10-22(11-9-20)23-5-2-12-27-15-23;/h1-16H,17-19H2,(H,30,31);1H. The molecule has 2 aromatic heterocycles. The van der Waals surface area contributed by atoms with Gasteiger partial charge in [-0.15, -0.1) is 12.4 Å². The number of nitrogens with zero attached hydrogens (tertiary/aromatic N) is 3. The molecule has 0 aliphatic heterocycles. The summed E-state index contributed by atoms with van der Waals surface area (Å²) in [5.74, 6) is -0.740.